The summed E-state index contributed by atoms with van der Waals surface area (Å²) in [5, 5.41) is 8.92. The van der Waals surface area contributed by atoms with Crippen molar-refractivity contribution in [3.05, 3.63) is 0 Å². The summed E-state index contributed by atoms with van der Waals surface area (Å²) in [4.78, 5) is 2.39. The Morgan fingerprint density at radius 2 is 2.08 bits per heavy atom. The Kier molecular flexibility index (Phi) is 3.98. The van der Waals surface area contributed by atoms with E-state index >= 15 is 0 Å². The first-order valence-electron chi connectivity index (χ1n) is 4.81. The number of likely N-dealkylation sites (tertiary alicyclic amines) is 1. The van der Waals surface area contributed by atoms with E-state index in [1.54, 1.807) is 0 Å². The Hall–Kier alpha value is -0.120. The molecule has 1 fully saturated rings. The molecule has 1 rings (SSSR count). The lowest BCUT2D eigenvalue weighted by Gasteiger charge is -2.31. The van der Waals surface area contributed by atoms with Gasteiger partial charge >= 0.3 is 0 Å². The monoisotopic (exact) mass is 172 g/mol. The lowest BCUT2D eigenvalue weighted by atomic mass is 9.98. The van der Waals surface area contributed by atoms with Crippen LogP contribution in [0.25, 0.3) is 0 Å². The highest BCUT2D eigenvalue weighted by molar-refractivity contribution is 4.73. The van der Waals surface area contributed by atoms with Crippen molar-refractivity contribution in [2.75, 3.05) is 26.2 Å². The smallest absolute Gasteiger partial charge is 0.0460 e. The molecule has 1 atom stereocenters. The maximum Gasteiger partial charge on any atom is 0.0460 e. The van der Waals surface area contributed by atoms with Gasteiger partial charge in [0.1, 0.15) is 0 Å². The van der Waals surface area contributed by atoms with Gasteiger partial charge in [0.25, 0.3) is 0 Å². The summed E-state index contributed by atoms with van der Waals surface area (Å²) in [5.74, 6) is 0.536. The molecular weight excluding hydrogens is 152 g/mol. The van der Waals surface area contributed by atoms with E-state index in [9.17, 15) is 0 Å². The molecule has 0 amide bonds. The molecule has 0 radical (unpaired) electrons. The second-order valence-corrected chi connectivity index (χ2v) is 3.90. The first-order valence-corrected chi connectivity index (χ1v) is 4.81. The van der Waals surface area contributed by atoms with Crippen LogP contribution in [0.15, 0.2) is 0 Å². The fraction of sp³-hybridized carbons (Fsp3) is 1.00. The predicted octanol–water partition coefficient (Wildman–Crippen LogP) is 0.0379. The summed E-state index contributed by atoms with van der Waals surface area (Å²) >= 11 is 0. The highest BCUT2D eigenvalue weighted by atomic mass is 16.3. The molecule has 1 aliphatic heterocycles. The number of rotatable bonds is 3. The second kappa shape index (κ2) is 4.80. The Morgan fingerprint density at radius 3 is 2.50 bits per heavy atom. The highest BCUT2D eigenvalue weighted by Gasteiger charge is 2.18. The zero-order valence-corrected chi connectivity index (χ0v) is 7.87. The van der Waals surface area contributed by atoms with Crippen LogP contribution in [-0.4, -0.2) is 42.3 Å². The van der Waals surface area contributed by atoms with Crippen LogP contribution < -0.4 is 5.73 Å². The van der Waals surface area contributed by atoms with Gasteiger partial charge in [-0.3, -0.25) is 0 Å². The third kappa shape index (κ3) is 3.09. The summed E-state index contributed by atoms with van der Waals surface area (Å²) in [7, 11) is 0. The van der Waals surface area contributed by atoms with Crippen molar-refractivity contribution in [1.29, 1.82) is 0 Å². The van der Waals surface area contributed by atoms with Crippen LogP contribution in [0.2, 0.25) is 0 Å². The maximum atomic E-state index is 8.92. The third-order valence-electron chi connectivity index (χ3n) is 2.51. The van der Waals surface area contributed by atoms with Crippen LogP contribution in [0.3, 0.4) is 0 Å². The standard InChI is InChI=1S/C9H20N2O/c1-8(10)6-11-4-2-9(7-12)3-5-11/h8-9,12H,2-7,10H2,1H3/t8-/m1/s1. The fourth-order valence-corrected chi connectivity index (χ4v) is 1.76. The van der Waals surface area contributed by atoms with Crippen LogP contribution in [0, 0.1) is 5.92 Å². The minimum absolute atomic E-state index is 0.274. The van der Waals surface area contributed by atoms with Crippen molar-refractivity contribution in [1.82, 2.24) is 4.90 Å². The van der Waals surface area contributed by atoms with Gasteiger partial charge in [-0.25, -0.2) is 0 Å². The summed E-state index contributed by atoms with van der Waals surface area (Å²) in [6.45, 7) is 5.60. The van der Waals surface area contributed by atoms with Crippen molar-refractivity contribution in [2.24, 2.45) is 11.7 Å². The van der Waals surface area contributed by atoms with Crippen LogP contribution in [-0.2, 0) is 0 Å². The number of aliphatic hydroxyl groups is 1. The number of aliphatic hydroxyl groups excluding tert-OH is 1. The molecule has 1 heterocycles. The van der Waals surface area contributed by atoms with Crippen LogP contribution in [0.5, 0.6) is 0 Å². The van der Waals surface area contributed by atoms with Gasteiger partial charge in [-0.05, 0) is 38.8 Å². The minimum Gasteiger partial charge on any atom is -0.396 e. The molecule has 0 saturated carbocycles. The van der Waals surface area contributed by atoms with Crippen LogP contribution in [0.4, 0.5) is 0 Å². The number of nitrogens with zero attached hydrogens (tertiary/aromatic N) is 1. The number of hydrogen-bond donors (Lipinski definition) is 2. The molecule has 3 N–H and O–H groups in total. The maximum absolute atomic E-state index is 8.92. The van der Waals surface area contributed by atoms with Crippen LogP contribution >= 0.6 is 0 Å². The van der Waals surface area contributed by atoms with Gasteiger partial charge in [0.15, 0.2) is 0 Å². The van der Waals surface area contributed by atoms with E-state index in [0.717, 1.165) is 32.5 Å². The molecule has 72 valence electrons. The third-order valence-corrected chi connectivity index (χ3v) is 2.51. The number of hydrogen-bond acceptors (Lipinski definition) is 3. The lowest BCUT2D eigenvalue weighted by Crippen LogP contribution is -2.41. The van der Waals surface area contributed by atoms with E-state index in [-0.39, 0.29) is 6.04 Å². The molecule has 0 aromatic rings. The van der Waals surface area contributed by atoms with Crippen molar-refractivity contribution in [2.45, 2.75) is 25.8 Å². The van der Waals surface area contributed by atoms with E-state index in [1.165, 1.54) is 0 Å². The molecule has 12 heavy (non-hydrogen) atoms. The average molecular weight is 172 g/mol. The molecule has 0 spiro atoms. The Balaban J connectivity index is 2.17. The summed E-state index contributed by atoms with van der Waals surface area (Å²) in [5.41, 5.74) is 5.70. The first-order chi connectivity index (χ1) is 5.72. The van der Waals surface area contributed by atoms with E-state index in [0.29, 0.717) is 12.5 Å². The summed E-state index contributed by atoms with van der Waals surface area (Å²) in [6, 6.07) is 0.274. The SMILES string of the molecule is C[C@@H](N)CN1CCC(CO)CC1. The number of nitrogens with two attached hydrogens (primary N) is 1. The molecule has 0 aromatic carbocycles. The summed E-state index contributed by atoms with van der Waals surface area (Å²) < 4.78 is 0. The molecular formula is C9H20N2O. The Morgan fingerprint density at radius 1 is 1.50 bits per heavy atom. The largest absolute Gasteiger partial charge is 0.396 e. The molecule has 3 nitrogen and oxygen atoms in total. The quantitative estimate of drug-likeness (QED) is 0.632. The van der Waals surface area contributed by atoms with Gasteiger partial charge < -0.3 is 15.7 Å². The van der Waals surface area contributed by atoms with Gasteiger partial charge in [0.05, 0.1) is 0 Å². The topological polar surface area (TPSA) is 49.5 Å². The van der Waals surface area contributed by atoms with Crippen molar-refractivity contribution in [3.63, 3.8) is 0 Å². The van der Waals surface area contributed by atoms with E-state index in [2.05, 4.69) is 4.90 Å². The fourth-order valence-electron chi connectivity index (χ4n) is 1.76. The normalized spacial score (nSPS) is 24.2. The molecule has 0 bridgehead atoms. The predicted molar refractivity (Wildman–Crippen MR) is 49.9 cm³/mol. The molecule has 3 heteroatoms. The second-order valence-electron chi connectivity index (χ2n) is 3.90. The zero-order chi connectivity index (χ0) is 8.97. The van der Waals surface area contributed by atoms with E-state index < -0.39 is 0 Å². The molecule has 0 aliphatic carbocycles. The van der Waals surface area contributed by atoms with Crippen molar-refractivity contribution in [3.8, 4) is 0 Å². The van der Waals surface area contributed by atoms with Gasteiger partial charge in [0, 0.05) is 19.2 Å². The first kappa shape index (κ1) is 9.96. The Labute approximate surface area is 74.5 Å². The highest BCUT2D eigenvalue weighted by Crippen LogP contribution is 2.15. The van der Waals surface area contributed by atoms with Crippen molar-refractivity contribution >= 4 is 0 Å². The lowest BCUT2D eigenvalue weighted by molar-refractivity contribution is 0.128. The van der Waals surface area contributed by atoms with E-state index in [1.807, 2.05) is 6.92 Å². The zero-order valence-electron chi connectivity index (χ0n) is 7.87. The van der Waals surface area contributed by atoms with Gasteiger partial charge in [0.2, 0.25) is 0 Å². The van der Waals surface area contributed by atoms with Crippen molar-refractivity contribution < 1.29 is 5.11 Å². The number of piperidine rings is 1. The average Bonchev–Trinajstić information content (AvgIpc) is 2.05. The molecule has 0 aromatic heterocycles. The van der Waals surface area contributed by atoms with Gasteiger partial charge in [-0.2, -0.15) is 0 Å². The van der Waals surface area contributed by atoms with Gasteiger partial charge in [-0.1, -0.05) is 0 Å². The Bertz CT molecular complexity index is 120. The minimum atomic E-state index is 0.274. The van der Waals surface area contributed by atoms with Crippen LogP contribution in [0.1, 0.15) is 19.8 Å². The van der Waals surface area contributed by atoms with E-state index in [4.69, 9.17) is 10.8 Å². The van der Waals surface area contributed by atoms with Gasteiger partial charge in [-0.15, -0.1) is 0 Å². The molecule has 1 saturated heterocycles. The molecule has 0 unspecified atom stereocenters. The summed E-state index contributed by atoms with van der Waals surface area (Å²) in [6.07, 6.45) is 2.26. The molecule has 1 aliphatic rings.